The van der Waals surface area contributed by atoms with Gasteiger partial charge >= 0.3 is 0 Å². The molecule has 0 saturated carbocycles. The minimum absolute atomic E-state index is 0.156. The van der Waals surface area contributed by atoms with Crippen LogP contribution < -0.4 is 5.32 Å². The molecule has 0 unspecified atom stereocenters. The lowest BCUT2D eigenvalue weighted by Crippen LogP contribution is -2.46. The topological polar surface area (TPSA) is 29.1 Å². The Balaban J connectivity index is 2.59. The van der Waals surface area contributed by atoms with E-state index < -0.39 is 5.54 Å². The van der Waals surface area contributed by atoms with Gasteiger partial charge in [0.15, 0.2) is 0 Å². The van der Waals surface area contributed by atoms with Crippen LogP contribution in [0.25, 0.3) is 0 Å². The number of nitrogens with one attached hydrogen (secondary N) is 1. The van der Waals surface area contributed by atoms with Crippen LogP contribution >= 0.6 is 0 Å². The molecule has 0 spiro atoms. The zero-order valence-corrected chi connectivity index (χ0v) is 12.4. The third kappa shape index (κ3) is 3.22. The van der Waals surface area contributed by atoms with Crippen LogP contribution in [0.15, 0.2) is 73.3 Å². The molecule has 1 amide bonds. The molecule has 0 fully saturated rings. The first kappa shape index (κ1) is 15.0. The molecule has 0 heterocycles. The van der Waals surface area contributed by atoms with Crippen LogP contribution in [0.5, 0.6) is 0 Å². The van der Waals surface area contributed by atoms with Gasteiger partial charge in [-0.1, -0.05) is 80.6 Å². The van der Waals surface area contributed by atoms with E-state index in [2.05, 4.69) is 43.1 Å². The first-order chi connectivity index (χ1) is 10.2. The molecular formula is C19H21NO. The summed E-state index contributed by atoms with van der Waals surface area (Å²) < 4.78 is 0. The molecule has 2 aromatic carbocycles. The van der Waals surface area contributed by atoms with Gasteiger partial charge in [-0.05, 0) is 23.6 Å². The Morgan fingerprint density at radius 1 is 1.05 bits per heavy atom. The number of rotatable bonds is 6. The minimum Gasteiger partial charge on any atom is -0.339 e. The fourth-order valence-electron chi connectivity index (χ4n) is 2.74. The molecule has 0 bridgehead atoms. The maximum absolute atomic E-state index is 12.0. The molecule has 0 aliphatic carbocycles. The fourth-order valence-corrected chi connectivity index (χ4v) is 2.74. The summed E-state index contributed by atoms with van der Waals surface area (Å²) in [6, 6.07) is 20.2. The van der Waals surface area contributed by atoms with Gasteiger partial charge in [0.25, 0.3) is 0 Å². The molecule has 2 nitrogen and oxygen atoms in total. The van der Waals surface area contributed by atoms with E-state index in [1.807, 2.05) is 36.4 Å². The molecule has 0 aliphatic rings. The monoisotopic (exact) mass is 279 g/mol. The molecular weight excluding hydrogens is 258 g/mol. The maximum Gasteiger partial charge on any atom is 0.244 e. The van der Waals surface area contributed by atoms with Crippen LogP contribution in [0.4, 0.5) is 0 Å². The van der Waals surface area contributed by atoms with Gasteiger partial charge in [0.05, 0.1) is 5.54 Å². The molecule has 2 aromatic rings. The Labute approximate surface area is 126 Å². The van der Waals surface area contributed by atoms with Gasteiger partial charge in [-0.3, -0.25) is 4.79 Å². The third-order valence-corrected chi connectivity index (χ3v) is 3.68. The Bertz CT molecular complexity index is 550. The molecule has 2 heteroatoms. The standard InChI is InChI=1S/C19H21NO/c1-3-15-19(20-18(21)4-2,16-11-7-5-8-12-16)17-13-9-6-10-14-17/h4-14H,2-3,15H2,1H3,(H,20,21). The number of hydrogen-bond donors (Lipinski definition) is 1. The summed E-state index contributed by atoms with van der Waals surface area (Å²) in [5, 5.41) is 3.16. The number of benzene rings is 2. The van der Waals surface area contributed by atoms with Crippen molar-refractivity contribution in [2.24, 2.45) is 0 Å². The summed E-state index contributed by atoms with van der Waals surface area (Å²) in [6.07, 6.45) is 3.12. The lowest BCUT2D eigenvalue weighted by Gasteiger charge is -2.35. The summed E-state index contributed by atoms with van der Waals surface area (Å²) in [6.45, 7) is 5.71. The summed E-state index contributed by atoms with van der Waals surface area (Å²) in [7, 11) is 0. The largest absolute Gasteiger partial charge is 0.339 e. The number of hydrogen-bond acceptors (Lipinski definition) is 1. The first-order valence-electron chi connectivity index (χ1n) is 7.28. The summed E-state index contributed by atoms with van der Waals surface area (Å²) in [4.78, 5) is 12.0. The van der Waals surface area contributed by atoms with Crippen LogP contribution in [-0.2, 0) is 10.3 Å². The van der Waals surface area contributed by atoms with Crippen molar-refractivity contribution in [1.82, 2.24) is 5.32 Å². The lowest BCUT2D eigenvalue weighted by atomic mass is 9.79. The van der Waals surface area contributed by atoms with E-state index in [1.165, 1.54) is 6.08 Å². The highest BCUT2D eigenvalue weighted by Crippen LogP contribution is 2.34. The van der Waals surface area contributed by atoms with E-state index in [-0.39, 0.29) is 5.91 Å². The highest BCUT2D eigenvalue weighted by molar-refractivity contribution is 5.88. The van der Waals surface area contributed by atoms with E-state index >= 15 is 0 Å². The average Bonchev–Trinajstić information content (AvgIpc) is 2.56. The Hall–Kier alpha value is -2.35. The second-order valence-electron chi connectivity index (χ2n) is 5.08. The zero-order valence-electron chi connectivity index (χ0n) is 12.4. The lowest BCUT2D eigenvalue weighted by molar-refractivity contribution is -0.118. The van der Waals surface area contributed by atoms with Crippen molar-refractivity contribution >= 4 is 5.91 Å². The Morgan fingerprint density at radius 2 is 1.52 bits per heavy atom. The van der Waals surface area contributed by atoms with E-state index in [9.17, 15) is 4.79 Å². The van der Waals surface area contributed by atoms with Gasteiger partial charge in [0, 0.05) is 0 Å². The van der Waals surface area contributed by atoms with Gasteiger partial charge < -0.3 is 5.32 Å². The van der Waals surface area contributed by atoms with Crippen LogP contribution in [0.2, 0.25) is 0 Å². The quantitative estimate of drug-likeness (QED) is 0.795. The zero-order chi connectivity index (χ0) is 15.1. The third-order valence-electron chi connectivity index (χ3n) is 3.68. The van der Waals surface area contributed by atoms with Crippen LogP contribution in [-0.4, -0.2) is 5.91 Å². The Kier molecular flexibility index (Phi) is 4.94. The second kappa shape index (κ2) is 6.89. The van der Waals surface area contributed by atoms with E-state index in [0.29, 0.717) is 0 Å². The Morgan fingerprint density at radius 3 is 1.90 bits per heavy atom. The van der Waals surface area contributed by atoms with E-state index in [4.69, 9.17) is 0 Å². The van der Waals surface area contributed by atoms with Crippen molar-refractivity contribution < 1.29 is 4.79 Å². The predicted molar refractivity (Wildman–Crippen MR) is 86.9 cm³/mol. The highest BCUT2D eigenvalue weighted by Gasteiger charge is 2.34. The molecule has 0 radical (unpaired) electrons. The van der Waals surface area contributed by atoms with Crippen molar-refractivity contribution in [2.45, 2.75) is 25.3 Å². The van der Waals surface area contributed by atoms with Crippen LogP contribution in [0, 0.1) is 0 Å². The van der Waals surface area contributed by atoms with Crippen molar-refractivity contribution in [3.8, 4) is 0 Å². The second-order valence-corrected chi connectivity index (χ2v) is 5.08. The SMILES string of the molecule is C=CC(=O)NC(CCC)(c1ccccc1)c1ccccc1. The molecule has 2 rings (SSSR count). The van der Waals surface area contributed by atoms with E-state index in [1.54, 1.807) is 0 Å². The van der Waals surface area contributed by atoms with Crippen molar-refractivity contribution in [3.05, 3.63) is 84.4 Å². The normalized spacial score (nSPS) is 10.9. The average molecular weight is 279 g/mol. The molecule has 1 N–H and O–H groups in total. The van der Waals surface area contributed by atoms with E-state index in [0.717, 1.165) is 24.0 Å². The predicted octanol–water partition coefficient (Wildman–Crippen LogP) is 4.03. The van der Waals surface area contributed by atoms with Gasteiger partial charge in [-0.2, -0.15) is 0 Å². The first-order valence-corrected chi connectivity index (χ1v) is 7.28. The smallest absolute Gasteiger partial charge is 0.244 e. The molecule has 0 atom stereocenters. The van der Waals surface area contributed by atoms with Crippen molar-refractivity contribution in [3.63, 3.8) is 0 Å². The maximum atomic E-state index is 12.0. The highest BCUT2D eigenvalue weighted by atomic mass is 16.1. The van der Waals surface area contributed by atoms with Gasteiger partial charge in [0.2, 0.25) is 5.91 Å². The number of amides is 1. The van der Waals surface area contributed by atoms with Crippen molar-refractivity contribution in [1.29, 1.82) is 0 Å². The fraction of sp³-hybridized carbons (Fsp3) is 0.211. The van der Waals surface area contributed by atoms with Crippen molar-refractivity contribution in [2.75, 3.05) is 0 Å². The van der Waals surface area contributed by atoms with Gasteiger partial charge in [0.1, 0.15) is 0 Å². The molecule has 0 saturated heterocycles. The minimum atomic E-state index is -0.511. The number of carbonyl (C=O) groups is 1. The number of carbonyl (C=O) groups excluding carboxylic acids is 1. The molecule has 108 valence electrons. The summed E-state index contributed by atoms with van der Waals surface area (Å²) >= 11 is 0. The summed E-state index contributed by atoms with van der Waals surface area (Å²) in [5.74, 6) is -0.156. The van der Waals surface area contributed by atoms with Crippen LogP contribution in [0.1, 0.15) is 30.9 Å². The molecule has 21 heavy (non-hydrogen) atoms. The molecule has 0 aliphatic heterocycles. The molecule has 0 aromatic heterocycles. The summed E-state index contributed by atoms with van der Waals surface area (Å²) in [5.41, 5.74) is 1.67. The van der Waals surface area contributed by atoms with Gasteiger partial charge in [-0.15, -0.1) is 0 Å². The van der Waals surface area contributed by atoms with Crippen LogP contribution in [0.3, 0.4) is 0 Å². The van der Waals surface area contributed by atoms with Gasteiger partial charge in [-0.25, -0.2) is 0 Å².